The van der Waals surface area contributed by atoms with E-state index >= 15 is 0 Å². The molecule has 0 aromatic rings. The van der Waals surface area contributed by atoms with Gasteiger partial charge in [0.1, 0.15) is 18.1 Å². The predicted molar refractivity (Wildman–Crippen MR) is 127 cm³/mol. The topological polar surface area (TPSA) is 295 Å². The number of amides is 4. The minimum absolute atomic E-state index is 0.119. The Morgan fingerprint density at radius 3 is 1.89 bits per heavy atom. The molecule has 0 spiro atoms. The van der Waals surface area contributed by atoms with Gasteiger partial charge in [0.15, 0.2) is 5.96 Å². The second kappa shape index (κ2) is 15.9. The smallest absolute Gasteiger partial charge is 0.326 e. The first-order valence-electron chi connectivity index (χ1n) is 11.1. The van der Waals surface area contributed by atoms with Crippen LogP contribution in [0.4, 0.5) is 0 Å². The van der Waals surface area contributed by atoms with Crippen molar-refractivity contribution >= 4 is 41.5 Å². The summed E-state index contributed by atoms with van der Waals surface area (Å²) >= 11 is 0. The monoisotopic (exact) mass is 516 g/mol. The van der Waals surface area contributed by atoms with Crippen molar-refractivity contribution in [3.05, 3.63) is 0 Å². The van der Waals surface area contributed by atoms with Crippen molar-refractivity contribution in [2.75, 3.05) is 6.54 Å². The number of carbonyl (C=O) groups excluding carboxylic acids is 4. The maximum absolute atomic E-state index is 12.8. The maximum atomic E-state index is 12.8. The molecule has 0 aliphatic heterocycles. The number of rotatable bonds is 17. The van der Waals surface area contributed by atoms with Crippen LogP contribution in [0.25, 0.3) is 0 Å². The summed E-state index contributed by atoms with van der Waals surface area (Å²) in [5.41, 5.74) is 21.4. The number of aliphatic imine (C=N–C) groups is 1. The maximum Gasteiger partial charge on any atom is 0.326 e. The summed E-state index contributed by atoms with van der Waals surface area (Å²) in [6.45, 7) is 3.35. The average molecular weight is 517 g/mol. The number of guanidine groups is 1. The third kappa shape index (κ3) is 13.1. The van der Waals surface area contributed by atoms with Crippen LogP contribution in [0, 0.1) is 5.92 Å². The van der Waals surface area contributed by atoms with Crippen molar-refractivity contribution < 1.29 is 39.0 Å². The van der Waals surface area contributed by atoms with E-state index in [1.54, 1.807) is 13.8 Å². The van der Waals surface area contributed by atoms with Gasteiger partial charge in [-0.1, -0.05) is 13.8 Å². The number of nitrogens with one attached hydrogen (secondary N) is 3. The van der Waals surface area contributed by atoms with E-state index in [1.165, 1.54) is 0 Å². The summed E-state index contributed by atoms with van der Waals surface area (Å²) in [4.78, 5) is 75.3. The number of nitrogens with two attached hydrogens (primary N) is 4. The van der Waals surface area contributed by atoms with Crippen LogP contribution in [0.2, 0.25) is 0 Å². The molecule has 0 fully saturated rings. The summed E-state index contributed by atoms with van der Waals surface area (Å²) in [6, 6.07) is -5.30. The highest BCUT2D eigenvalue weighted by Crippen LogP contribution is 2.07. The first-order chi connectivity index (χ1) is 16.6. The third-order valence-electron chi connectivity index (χ3n) is 4.85. The van der Waals surface area contributed by atoms with Gasteiger partial charge in [0.05, 0.1) is 12.5 Å². The molecule has 0 rings (SSSR count). The molecular weight excluding hydrogens is 480 g/mol. The van der Waals surface area contributed by atoms with E-state index in [4.69, 9.17) is 28.0 Å². The van der Waals surface area contributed by atoms with Crippen molar-refractivity contribution in [2.45, 2.75) is 70.1 Å². The van der Waals surface area contributed by atoms with Gasteiger partial charge >= 0.3 is 11.9 Å². The lowest BCUT2D eigenvalue weighted by Gasteiger charge is -2.26. The average Bonchev–Trinajstić information content (AvgIpc) is 2.75. The summed E-state index contributed by atoms with van der Waals surface area (Å²) in [7, 11) is 0. The van der Waals surface area contributed by atoms with Crippen LogP contribution in [0.15, 0.2) is 4.99 Å². The Labute approximate surface area is 207 Å². The molecule has 0 aromatic heterocycles. The predicted octanol–water partition coefficient (Wildman–Crippen LogP) is -3.70. The van der Waals surface area contributed by atoms with Gasteiger partial charge in [-0.15, -0.1) is 0 Å². The van der Waals surface area contributed by atoms with Crippen molar-refractivity contribution in [1.29, 1.82) is 0 Å². The molecule has 36 heavy (non-hydrogen) atoms. The van der Waals surface area contributed by atoms with Gasteiger partial charge in [-0.2, -0.15) is 0 Å². The Bertz CT molecular complexity index is 844. The summed E-state index contributed by atoms with van der Waals surface area (Å²) in [5, 5.41) is 24.9. The third-order valence-corrected chi connectivity index (χ3v) is 4.85. The number of hydrogen-bond donors (Lipinski definition) is 9. The minimum Gasteiger partial charge on any atom is -0.481 e. The van der Waals surface area contributed by atoms with Crippen molar-refractivity contribution in [1.82, 2.24) is 16.0 Å². The van der Waals surface area contributed by atoms with Crippen LogP contribution >= 0.6 is 0 Å². The van der Waals surface area contributed by atoms with Crippen LogP contribution in [-0.2, 0) is 28.8 Å². The molecule has 13 N–H and O–H groups in total. The molecule has 16 nitrogen and oxygen atoms in total. The first kappa shape index (κ1) is 32.0. The van der Waals surface area contributed by atoms with Crippen molar-refractivity contribution in [2.24, 2.45) is 33.8 Å². The lowest BCUT2D eigenvalue weighted by Crippen LogP contribution is -2.59. The van der Waals surface area contributed by atoms with E-state index in [1.807, 2.05) is 0 Å². The van der Waals surface area contributed by atoms with Crippen LogP contribution in [0.1, 0.15) is 46.0 Å². The Hall–Kier alpha value is -3.95. The van der Waals surface area contributed by atoms with Crippen molar-refractivity contribution in [3.8, 4) is 0 Å². The number of carboxylic acid groups (broad SMARTS) is 2. The number of aliphatic carboxylic acids is 2. The fourth-order valence-electron chi connectivity index (χ4n) is 2.92. The van der Waals surface area contributed by atoms with Gasteiger partial charge < -0.3 is 49.1 Å². The number of nitrogens with zero attached hydrogens (tertiary/aromatic N) is 1. The van der Waals surface area contributed by atoms with Gasteiger partial charge in [0, 0.05) is 13.0 Å². The van der Waals surface area contributed by atoms with Gasteiger partial charge in [-0.3, -0.25) is 29.0 Å². The minimum atomic E-state index is -1.51. The zero-order chi connectivity index (χ0) is 28.0. The van der Waals surface area contributed by atoms with E-state index < -0.39 is 78.5 Å². The first-order valence-corrected chi connectivity index (χ1v) is 11.1. The molecule has 0 radical (unpaired) electrons. The summed E-state index contributed by atoms with van der Waals surface area (Å²) < 4.78 is 0. The van der Waals surface area contributed by atoms with E-state index in [2.05, 4.69) is 20.9 Å². The Morgan fingerprint density at radius 1 is 0.833 bits per heavy atom. The van der Waals surface area contributed by atoms with Gasteiger partial charge in [0.25, 0.3) is 0 Å². The highest BCUT2D eigenvalue weighted by molar-refractivity contribution is 5.96. The number of carboxylic acids is 2. The molecule has 16 heteroatoms. The fourth-order valence-corrected chi connectivity index (χ4v) is 2.92. The number of primary amides is 1. The standard InChI is InChI=1S/C20H36N8O8/c1-9(2)15(18(34)26-11(19(35)36)5-6-14(30)31)28-17(33)12(8-13(22)29)27-16(32)10(21)4-3-7-25-20(23)24/h9-12,15H,3-8,21H2,1-2H3,(H2,22,29)(H,26,34)(H,27,32)(H,28,33)(H,30,31)(H,35,36)(H4,23,24,25). The molecule has 4 atom stereocenters. The second-order valence-corrected chi connectivity index (χ2v) is 8.35. The molecule has 4 amide bonds. The quantitative estimate of drug-likeness (QED) is 0.0514. The van der Waals surface area contributed by atoms with Crippen LogP contribution in [0.3, 0.4) is 0 Å². The van der Waals surface area contributed by atoms with Crippen LogP contribution in [-0.4, -0.2) is 82.5 Å². The van der Waals surface area contributed by atoms with E-state index in [-0.39, 0.29) is 25.3 Å². The lowest BCUT2D eigenvalue weighted by atomic mass is 10.0. The SMILES string of the molecule is CC(C)C(NC(=O)C(CC(N)=O)NC(=O)C(N)CCCN=C(N)N)C(=O)NC(CCC(=O)O)C(=O)O. The molecule has 0 aliphatic carbocycles. The number of hydrogen-bond acceptors (Lipinski definition) is 8. The number of carbonyl (C=O) groups is 6. The molecule has 204 valence electrons. The summed E-state index contributed by atoms with van der Waals surface area (Å²) in [5.74, 6) is -6.86. The highest BCUT2D eigenvalue weighted by Gasteiger charge is 2.32. The van der Waals surface area contributed by atoms with Crippen LogP contribution < -0.4 is 38.9 Å². The largest absolute Gasteiger partial charge is 0.481 e. The zero-order valence-electron chi connectivity index (χ0n) is 20.2. The second-order valence-electron chi connectivity index (χ2n) is 8.35. The molecule has 0 aromatic carbocycles. The molecule has 0 heterocycles. The zero-order valence-corrected chi connectivity index (χ0v) is 20.2. The lowest BCUT2D eigenvalue weighted by molar-refractivity contribution is -0.144. The Balaban J connectivity index is 5.35. The summed E-state index contributed by atoms with van der Waals surface area (Å²) in [6.07, 6.45) is -0.953. The Kier molecular flexibility index (Phi) is 14.1. The normalized spacial score (nSPS) is 14.0. The molecule has 0 aliphatic rings. The van der Waals surface area contributed by atoms with E-state index in [9.17, 15) is 33.9 Å². The van der Waals surface area contributed by atoms with Gasteiger partial charge in [-0.25, -0.2) is 4.79 Å². The molecule has 0 saturated carbocycles. The fraction of sp³-hybridized carbons (Fsp3) is 0.650. The molecule has 4 unspecified atom stereocenters. The van der Waals surface area contributed by atoms with Crippen molar-refractivity contribution in [3.63, 3.8) is 0 Å². The highest BCUT2D eigenvalue weighted by atomic mass is 16.4. The Morgan fingerprint density at radius 2 is 1.42 bits per heavy atom. The van der Waals surface area contributed by atoms with Crippen LogP contribution in [0.5, 0.6) is 0 Å². The molecule has 0 bridgehead atoms. The van der Waals surface area contributed by atoms with E-state index in [0.717, 1.165) is 0 Å². The molecular formula is C20H36N8O8. The van der Waals surface area contributed by atoms with Gasteiger partial charge in [-0.05, 0) is 25.2 Å². The van der Waals surface area contributed by atoms with Gasteiger partial charge in [0.2, 0.25) is 23.6 Å². The molecule has 0 saturated heterocycles. The van der Waals surface area contributed by atoms with E-state index in [0.29, 0.717) is 6.42 Å².